The summed E-state index contributed by atoms with van der Waals surface area (Å²) in [6.07, 6.45) is 0. The van der Waals surface area contributed by atoms with E-state index in [1.165, 1.54) is 24.3 Å². The minimum absolute atomic E-state index is 0.000463. The van der Waals surface area contributed by atoms with Gasteiger partial charge in [0.05, 0.1) is 5.56 Å². The summed E-state index contributed by atoms with van der Waals surface area (Å²) in [7, 11) is 0. The Kier molecular flexibility index (Phi) is 5.13. The number of carboxylic acids is 2. The van der Waals surface area contributed by atoms with Crippen LogP contribution < -0.4 is 0 Å². The standard InChI is InChI=1S/2C11H8O3/c12-10-6-8(11(13)14)5-7-3-1-2-4-9(7)10;12-10-6-8-4-2-1-3-7(8)5-9(10)11(13)14/h2*1-6,12H,(H,13,14). The molecule has 0 amide bonds. The lowest BCUT2D eigenvalue weighted by molar-refractivity contribution is 0.0684. The highest BCUT2D eigenvalue weighted by Gasteiger charge is 2.10. The molecule has 0 unspecified atom stereocenters. The topological polar surface area (TPSA) is 115 Å². The molecule has 0 atom stereocenters. The lowest BCUT2D eigenvalue weighted by Gasteiger charge is -2.02. The molecule has 140 valence electrons. The quantitative estimate of drug-likeness (QED) is 0.410. The zero-order valence-electron chi connectivity index (χ0n) is 14.5. The maximum atomic E-state index is 10.7. The highest BCUT2D eigenvalue weighted by molar-refractivity contribution is 5.98. The minimum Gasteiger partial charge on any atom is -0.507 e. The van der Waals surface area contributed by atoms with Crippen molar-refractivity contribution in [3.63, 3.8) is 0 Å². The van der Waals surface area contributed by atoms with E-state index in [1.807, 2.05) is 18.2 Å². The first-order valence-corrected chi connectivity index (χ1v) is 8.27. The number of hydrogen-bond acceptors (Lipinski definition) is 4. The van der Waals surface area contributed by atoms with Gasteiger partial charge in [-0.3, -0.25) is 0 Å². The third kappa shape index (κ3) is 3.86. The fourth-order valence-corrected chi connectivity index (χ4v) is 2.81. The van der Waals surface area contributed by atoms with Crippen molar-refractivity contribution in [1.29, 1.82) is 0 Å². The van der Waals surface area contributed by atoms with Gasteiger partial charge in [0.15, 0.2) is 0 Å². The van der Waals surface area contributed by atoms with Crippen LogP contribution in [0.1, 0.15) is 20.7 Å². The number of phenols is 2. The molecule has 0 bridgehead atoms. The molecule has 0 aliphatic carbocycles. The molecule has 6 heteroatoms. The van der Waals surface area contributed by atoms with Crippen molar-refractivity contribution in [2.75, 3.05) is 0 Å². The molecule has 4 aromatic rings. The first-order valence-electron chi connectivity index (χ1n) is 8.27. The van der Waals surface area contributed by atoms with Gasteiger partial charge in [-0.1, -0.05) is 48.5 Å². The highest BCUT2D eigenvalue weighted by atomic mass is 16.4. The van der Waals surface area contributed by atoms with Gasteiger partial charge in [0, 0.05) is 5.39 Å². The van der Waals surface area contributed by atoms with Crippen LogP contribution in [0.15, 0.2) is 72.8 Å². The van der Waals surface area contributed by atoms with E-state index in [-0.39, 0.29) is 22.6 Å². The fourth-order valence-electron chi connectivity index (χ4n) is 2.81. The Bertz CT molecular complexity index is 1200. The van der Waals surface area contributed by atoms with Crippen molar-refractivity contribution in [2.24, 2.45) is 0 Å². The van der Waals surface area contributed by atoms with Crippen LogP contribution in [0, 0.1) is 0 Å². The van der Waals surface area contributed by atoms with Crippen LogP contribution in [0.5, 0.6) is 11.5 Å². The molecule has 0 radical (unpaired) electrons. The molecule has 28 heavy (non-hydrogen) atoms. The number of carbonyl (C=O) groups is 2. The number of phenolic OH excluding ortho intramolecular Hbond substituents is 1. The Labute approximate surface area is 159 Å². The molecule has 0 fully saturated rings. The van der Waals surface area contributed by atoms with Crippen molar-refractivity contribution < 1.29 is 30.0 Å². The van der Waals surface area contributed by atoms with E-state index in [2.05, 4.69) is 0 Å². The maximum Gasteiger partial charge on any atom is 0.339 e. The number of hydrogen-bond donors (Lipinski definition) is 4. The van der Waals surface area contributed by atoms with Crippen LogP contribution >= 0.6 is 0 Å². The molecule has 4 rings (SSSR count). The molecular formula is C22H16O6. The van der Waals surface area contributed by atoms with Crippen molar-refractivity contribution in [3.05, 3.63) is 83.9 Å². The van der Waals surface area contributed by atoms with Crippen LogP contribution in [-0.4, -0.2) is 32.4 Å². The smallest absolute Gasteiger partial charge is 0.339 e. The molecule has 0 saturated carbocycles. The summed E-state index contributed by atoms with van der Waals surface area (Å²) >= 11 is 0. The number of benzene rings is 4. The summed E-state index contributed by atoms with van der Waals surface area (Å²) in [6, 6.07) is 20.1. The normalized spacial score (nSPS) is 10.3. The Morgan fingerprint density at radius 3 is 1.79 bits per heavy atom. The van der Waals surface area contributed by atoms with Crippen molar-refractivity contribution in [2.45, 2.75) is 0 Å². The van der Waals surface area contributed by atoms with Gasteiger partial charge < -0.3 is 20.4 Å². The van der Waals surface area contributed by atoms with Gasteiger partial charge in [-0.15, -0.1) is 0 Å². The van der Waals surface area contributed by atoms with Gasteiger partial charge in [-0.05, 0) is 40.4 Å². The molecule has 0 saturated heterocycles. The van der Waals surface area contributed by atoms with Crippen molar-refractivity contribution in [3.8, 4) is 11.5 Å². The summed E-state index contributed by atoms with van der Waals surface area (Å²) in [4.78, 5) is 21.4. The fraction of sp³-hybridized carbons (Fsp3) is 0. The molecule has 0 aromatic heterocycles. The van der Waals surface area contributed by atoms with Crippen LogP contribution in [0.3, 0.4) is 0 Å². The van der Waals surface area contributed by atoms with Crippen LogP contribution in [0.4, 0.5) is 0 Å². The molecule has 0 aliphatic heterocycles. The first-order chi connectivity index (χ1) is 13.4. The predicted molar refractivity (Wildman–Crippen MR) is 105 cm³/mol. The summed E-state index contributed by atoms with van der Waals surface area (Å²) in [6.45, 7) is 0. The van der Waals surface area contributed by atoms with Gasteiger partial charge in [-0.2, -0.15) is 0 Å². The van der Waals surface area contributed by atoms with Crippen LogP contribution in [0.2, 0.25) is 0 Å². The zero-order chi connectivity index (χ0) is 20.3. The van der Waals surface area contributed by atoms with Gasteiger partial charge in [0.25, 0.3) is 0 Å². The largest absolute Gasteiger partial charge is 0.507 e. The Morgan fingerprint density at radius 1 is 0.607 bits per heavy atom. The lowest BCUT2D eigenvalue weighted by atomic mass is 10.1. The van der Waals surface area contributed by atoms with Gasteiger partial charge in [0.2, 0.25) is 0 Å². The van der Waals surface area contributed by atoms with E-state index in [0.29, 0.717) is 5.39 Å². The summed E-state index contributed by atoms with van der Waals surface area (Å²) < 4.78 is 0. The van der Waals surface area contributed by atoms with Crippen molar-refractivity contribution in [1.82, 2.24) is 0 Å². The lowest BCUT2D eigenvalue weighted by Crippen LogP contribution is -1.96. The van der Waals surface area contributed by atoms with E-state index in [0.717, 1.165) is 16.2 Å². The first kappa shape index (κ1) is 18.7. The number of rotatable bonds is 2. The minimum atomic E-state index is -1.12. The van der Waals surface area contributed by atoms with Gasteiger partial charge in [0.1, 0.15) is 17.1 Å². The van der Waals surface area contributed by atoms with Crippen LogP contribution in [0.25, 0.3) is 21.5 Å². The monoisotopic (exact) mass is 376 g/mol. The van der Waals surface area contributed by atoms with E-state index >= 15 is 0 Å². The third-order valence-corrected chi connectivity index (χ3v) is 4.18. The van der Waals surface area contributed by atoms with E-state index < -0.39 is 11.9 Å². The number of aromatic carboxylic acids is 2. The summed E-state index contributed by atoms with van der Waals surface area (Å²) in [5.41, 5.74) is 0.0323. The zero-order valence-corrected chi connectivity index (χ0v) is 14.5. The summed E-state index contributed by atoms with van der Waals surface area (Å²) in [5.74, 6) is -2.35. The number of aromatic hydroxyl groups is 2. The average molecular weight is 376 g/mol. The second-order valence-corrected chi connectivity index (χ2v) is 6.04. The molecule has 6 nitrogen and oxygen atoms in total. The highest BCUT2D eigenvalue weighted by Crippen LogP contribution is 2.26. The molecule has 0 heterocycles. The Morgan fingerprint density at radius 2 is 1.18 bits per heavy atom. The van der Waals surface area contributed by atoms with Gasteiger partial charge >= 0.3 is 11.9 Å². The molecule has 4 N–H and O–H groups in total. The Hall–Kier alpha value is -4.06. The molecule has 4 aromatic carbocycles. The second kappa shape index (κ2) is 7.67. The SMILES string of the molecule is O=C(O)c1cc(O)c2ccccc2c1.O=C(O)c1cc2ccccc2cc1O. The van der Waals surface area contributed by atoms with E-state index in [1.54, 1.807) is 30.3 Å². The molecule has 0 spiro atoms. The van der Waals surface area contributed by atoms with Crippen molar-refractivity contribution >= 4 is 33.5 Å². The van der Waals surface area contributed by atoms with E-state index in [4.69, 9.17) is 10.2 Å². The van der Waals surface area contributed by atoms with Crippen LogP contribution in [-0.2, 0) is 0 Å². The molecule has 0 aliphatic rings. The second-order valence-electron chi connectivity index (χ2n) is 6.04. The Balaban J connectivity index is 0.000000161. The number of fused-ring (bicyclic) bond motifs is 2. The van der Waals surface area contributed by atoms with E-state index in [9.17, 15) is 19.8 Å². The predicted octanol–water partition coefficient (Wildman–Crippen LogP) is 4.49. The summed E-state index contributed by atoms with van der Waals surface area (Å²) in [5, 5.41) is 39.5. The molecular weight excluding hydrogens is 360 g/mol. The van der Waals surface area contributed by atoms with Gasteiger partial charge in [-0.25, -0.2) is 9.59 Å². The maximum absolute atomic E-state index is 10.7. The average Bonchev–Trinajstić information content (AvgIpc) is 2.67. The number of carboxylic acid groups (broad SMARTS) is 2. The third-order valence-electron chi connectivity index (χ3n) is 4.18.